The summed E-state index contributed by atoms with van der Waals surface area (Å²) in [5.74, 6) is -0.00769. The number of Topliss-reactive ketones (excluding diaryl/α,β-unsaturated/α-hetero) is 1. The Morgan fingerprint density at radius 2 is 1.79 bits per heavy atom. The number of ketones is 1. The van der Waals surface area contributed by atoms with Crippen molar-refractivity contribution in [2.75, 3.05) is 5.73 Å². The van der Waals surface area contributed by atoms with Gasteiger partial charge in [-0.05, 0) is 31.2 Å². The molecule has 0 unspecified atom stereocenters. The molecule has 0 spiro atoms. The van der Waals surface area contributed by atoms with Crippen molar-refractivity contribution in [3.8, 4) is 5.69 Å². The molecule has 0 bridgehead atoms. The molecule has 19 heavy (non-hydrogen) atoms. The van der Waals surface area contributed by atoms with E-state index in [1.165, 1.54) is 0 Å². The van der Waals surface area contributed by atoms with E-state index in [4.69, 9.17) is 5.73 Å². The smallest absolute Gasteiger partial charge is 0.190 e. The summed E-state index contributed by atoms with van der Waals surface area (Å²) in [4.78, 5) is 12.2. The summed E-state index contributed by atoms with van der Waals surface area (Å²) >= 11 is 0. The number of aromatic nitrogens is 3. The van der Waals surface area contributed by atoms with Crippen molar-refractivity contribution in [2.45, 2.75) is 27.7 Å². The SMILES string of the molecule is Cc1c(C(=O)C(C)(C)C)nnn1-c1ccc(N)cc1. The Kier molecular flexibility index (Phi) is 3.14. The quantitative estimate of drug-likeness (QED) is 0.663. The van der Waals surface area contributed by atoms with Crippen LogP contribution in [0.5, 0.6) is 0 Å². The van der Waals surface area contributed by atoms with Gasteiger partial charge in [0.2, 0.25) is 0 Å². The van der Waals surface area contributed by atoms with Gasteiger partial charge in [-0.25, -0.2) is 4.68 Å². The summed E-state index contributed by atoms with van der Waals surface area (Å²) in [6.45, 7) is 7.46. The largest absolute Gasteiger partial charge is 0.399 e. The molecule has 100 valence electrons. The van der Waals surface area contributed by atoms with Gasteiger partial charge in [0.25, 0.3) is 0 Å². The fraction of sp³-hybridized carbons (Fsp3) is 0.357. The van der Waals surface area contributed by atoms with Gasteiger partial charge in [-0.15, -0.1) is 5.10 Å². The second-order valence-corrected chi connectivity index (χ2v) is 5.61. The van der Waals surface area contributed by atoms with E-state index in [2.05, 4.69) is 10.3 Å². The third-order valence-electron chi connectivity index (χ3n) is 2.93. The molecule has 0 aliphatic rings. The van der Waals surface area contributed by atoms with Crippen LogP contribution in [-0.2, 0) is 0 Å². The second-order valence-electron chi connectivity index (χ2n) is 5.61. The summed E-state index contributed by atoms with van der Waals surface area (Å²) in [5.41, 5.74) is 7.88. The minimum absolute atomic E-state index is 0.00769. The predicted octanol–water partition coefficient (Wildman–Crippen LogP) is 2.39. The minimum atomic E-state index is -0.466. The zero-order chi connectivity index (χ0) is 14.2. The minimum Gasteiger partial charge on any atom is -0.399 e. The average molecular weight is 258 g/mol. The predicted molar refractivity (Wildman–Crippen MR) is 74.3 cm³/mol. The molecule has 0 aliphatic carbocycles. The third kappa shape index (κ3) is 2.50. The van der Waals surface area contributed by atoms with Gasteiger partial charge >= 0.3 is 0 Å². The summed E-state index contributed by atoms with van der Waals surface area (Å²) in [5, 5.41) is 8.07. The lowest BCUT2D eigenvalue weighted by Gasteiger charge is -2.14. The van der Waals surface area contributed by atoms with Gasteiger partial charge in [0.1, 0.15) is 0 Å². The maximum Gasteiger partial charge on any atom is 0.190 e. The van der Waals surface area contributed by atoms with Crippen LogP contribution >= 0.6 is 0 Å². The lowest BCUT2D eigenvalue weighted by atomic mass is 9.88. The Bertz CT molecular complexity index is 605. The number of nitrogens with two attached hydrogens (primary N) is 1. The topological polar surface area (TPSA) is 73.8 Å². The fourth-order valence-corrected chi connectivity index (χ4v) is 1.75. The van der Waals surface area contributed by atoms with Crippen LogP contribution in [0.25, 0.3) is 5.69 Å². The summed E-state index contributed by atoms with van der Waals surface area (Å²) in [6, 6.07) is 7.29. The molecule has 1 heterocycles. The maximum atomic E-state index is 12.2. The van der Waals surface area contributed by atoms with Crippen LogP contribution in [0.4, 0.5) is 5.69 Å². The normalized spacial score (nSPS) is 11.6. The molecule has 0 amide bonds. The molecule has 0 saturated heterocycles. The molecule has 0 fully saturated rings. The number of anilines is 1. The zero-order valence-electron chi connectivity index (χ0n) is 11.6. The maximum absolute atomic E-state index is 12.2. The Hall–Kier alpha value is -2.17. The molecule has 5 heteroatoms. The molecule has 0 radical (unpaired) electrons. The van der Waals surface area contributed by atoms with Crippen molar-refractivity contribution in [2.24, 2.45) is 5.41 Å². The highest BCUT2D eigenvalue weighted by Crippen LogP contribution is 2.22. The number of nitrogen functional groups attached to an aromatic ring is 1. The summed E-state index contributed by atoms with van der Waals surface area (Å²) < 4.78 is 1.65. The van der Waals surface area contributed by atoms with E-state index >= 15 is 0 Å². The summed E-state index contributed by atoms with van der Waals surface area (Å²) in [7, 11) is 0. The van der Waals surface area contributed by atoms with Gasteiger partial charge < -0.3 is 5.73 Å². The number of rotatable bonds is 2. The molecule has 2 N–H and O–H groups in total. The van der Waals surface area contributed by atoms with Crippen LogP contribution in [0, 0.1) is 12.3 Å². The van der Waals surface area contributed by atoms with E-state index in [9.17, 15) is 4.79 Å². The Labute approximate surface area is 112 Å². The van der Waals surface area contributed by atoms with Crippen LogP contribution in [0.15, 0.2) is 24.3 Å². The molecule has 1 aromatic heterocycles. The lowest BCUT2D eigenvalue weighted by Crippen LogP contribution is -2.21. The highest BCUT2D eigenvalue weighted by molar-refractivity contribution is 5.98. The van der Waals surface area contributed by atoms with Gasteiger partial charge in [-0.2, -0.15) is 0 Å². The first-order valence-electron chi connectivity index (χ1n) is 6.13. The highest BCUT2D eigenvalue weighted by Gasteiger charge is 2.28. The monoisotopic (exact) mass is 258 g/mol. The van der Waals surface area contributed by atoms with E-state index in [0.29, 0.717) is 11.4 Å². The molecule has 2 rings (SSSR count). The molecule has 0 atom stereocenters. The molecule has 2 aromatic rings. The first kappa shape index (κ1) is 13.3. The van der Waals surface area contributed by atoms with Crippen molar-refractivity contribution in [3.63, 3.8) is 0 Å². The number of hydrogen-bond acceptors (Lipinski definition) is 4. The van der Waals surface area contributed by atoms with E-state index in [1.807, 2.05) is 39.8 Å². The first-order chi connectivity index (χ1) is 8.80. The van der Waals surface area contributed by atoms with Crippen LogP contribution in [0.1, 0.15) is 37.0 Å². The van der Waals surface area contributed by atoms with Crippen molar-refractivity contribution in [3.05, 3.63) is 35.7 Å². The zero-order valence-corrected chi connectivity index (χ0v) is 11.6. The molecular weight excluding hydrogens is 240 g/mol. The Morgan fingerprint density at radius 1 is 1.21 bits per heavy atom. The number of nitrogens with zero attached hydrogens (tertiary/aromatic N) is 3. The number of hydrogen-bond donors (Lipinski definition) is 1. The molecule has 5 nitrogen and oxygen atoms in total. The van der Waals surface area contributed by atoms with Gasteiger partial charge in [0, 0.05) is 11.1 Å². The van der Waals surface area contributed by atoms with Crippen molar-refractivity contribution < 1.29 is 4.79 Å². The number of carbonyl (C=O) groups excluding carboxylic acids is 1. The number of benzene rings is 1. The van der Waals surface area contributed by atoms with Crippen LogP contribution in [-0.4, -0.2) is 20.8 Å². The fourth-order valence-electron chi connectivity index (χ4n) is 1.75. The molecular formula is C14H18N4O. The second kappa shape index (κ2) is 4.50. The number of carbonyl (C=O) groups is 1. The van der Waals surface area contributed by atoms with E-state index in [-0.39, 0.29) is 5.78 Å². The van der Waals surface area contributed by atoms with E-state index in [1.54, 1.807) is 16.8 Å². The van der Waals surface area contributed by atoms with Crippen LogP contribution in [0.2, 0.25) is 0 Å². The molecule has 0 saturated carbocycles. The first-order valence-corrected chi connectivity index (χ1v) is 6.13. The van der Waals surface area contributed by atoms with Gasteiger partial charge in [-0.1, -0.05) is 26.0 Å². The summed E-state index contributed by atoms with van der Waals surface area (Å²) in [6.07, 6.45) is 0. The lowest BCUT2D eigenvalue weighted by molar-refractivity contribution is 0.0852. The van der Waals surface area contributed by atoms with Crippen LogP contribution < -0.4 is 5.73 Å². The molecule has 1 aromatic carbocycles. The highest BCUT2D eigenvalue weighted by atomic mass is 16.1. The third-order valence-corrected chi connectivity index (χ3v) is 2.93. The van der Waals surface area contributed by atoms with E-state index in [0.717, 1.165) is 11.4 Å². The van der Waals surface area contributed by atoms with Gasteiger partial charge in [0.05, 0.1) is 11.4 Å². The average Bonchev–Trinajstić information content (AvgIpc) is 2.70. The van der Waals surface area contributed by atoms with Crippen molar-refractivity contribution in [1.82, 2.24) is 15.0 Å². The standard InChI is InChI=1S/C14H18N4O/c1-9-12(13(19)14(2,3)4)16-17-18(9)11-7-5-10(15)6-8-11/h5-8H,15H2,1-4H3. The van der Waals surface area contributed by atoms with E-state index < -0.39 is 5.41 Å². The molecule has 0 aliphatic heterocycles. The van der Waals surface area contributed by atoms with Crippen LogP contribution in [0.3, 0.4) is 0 Å². The van der Waals surface area contributed by atoms with Gasteiger partial charge in [0.15, 0.2) is 11.5 Å². The Balaban J connectivity index is 2.44. The van der Waals surface area contributed by atoms with Gasteiger partial charge in [-0.3, -0.25) is 4.79 Å². The van der Waals surface area contributed by atoms with Crippen molar-refractivity contribution in [1.29, 1.82) is 0 Å². The van der Waals surface area contributed by atoms with Crippen molar-refractivity contribution >= 4 is 11.5 Å². The Morgan fingerprint density at radius 3 is 2.32 bits per heavy atom.